The zero-order chi connectivity index (χ0) is 15.1. The number of carbonyl (C=O) groups excluding carboxylic acids is 1. The van der Waals surface area contributed by atoms with Crippen molar-refractivity contribution in [2.45, 2.75) is 25.5 Å². The molecular weight excluding hydrogens is 268 g/mol. The lowest BCUT2D eigenvalue weighted by Gasteiger charge is -2.13. The first-order chi connectivity index (χ1) is 9.40. The molecule has 2 atom stereocenters. The second-order valence-corrected chi connectivity index (χ2v) is 4.17. The summed E-state index contributed by atoms with van der Waals surface area (Å²) in [7, 11) is 0. The van der Waals surface area contributed by atoms with E-state index in [1.165, 1.54) is 6.92 Å². The van der Waals surface area contributed by atoms with Crippen molar-refractivity contribution in [1.29, 1.82) is 0 Å². The van der Waals surface area contributed by atoms with Crippen LogP contribution in [0.1, 0.15) is 12.5 Å². The Bertz CT molecular complexity index is 420. The van der Waals surface area contributed by atoms with Crippen molar-refractivity contribution in [2.75, 3.05) is 6.61 Å². The molecule has 0 fully saturated rings. The van der Waals surface area contributed by atoms with E-state index >= 15 is 0 Å². The van der Waals surface area contributed by atoms with Crippen LogP contribution in [0.3, 0.4) is 0 Å². The molecule has 0 radical (unpaired) electrons. The van der Waals surface area contributed by atoms with E-state index in [0.29, 0.717) is 12.2 Å². The fourth-order valence-electron chi connectivity index (χ4n) is 1.35. The second-order valence-electron chi connectivity index (χ2n) is 4.17. The summed E-state index contributed by atoms with van der Waals surface area (Å²) < 4.78 is 4.99. The molecule has 20 heavy (non-hydrogen) atoms. The molecule has 112 valence electrons. The molecule has 0 spiro atoms. The average Bonchev–Trinajstić information content (AvgIpc) is 2.39. The molecule has 0 aliphatic rings. The van der Waals surface area contributed by atoms with E-state index in [1.807, 2.05) is 0 Å². The number of nitrogens with two attached hydrogens (primary N) is 1. The minimum Gasteiger partial charge on any atom is -0.425 e. The maximum Gasteiger partial charge on any atom is 0.330 e. The Morgan fingerprint density at radius 3 is 2.45 bits per heavy atom. The molecule has 0 heterocycles. The molecule has 1 aromatic rings. The first-order valence-electron chi connectivity index (χ1n) is 5.95. The number of aliphatic hydroxyl groups is 1. The van der Waals surface area contributed by atoms with Gasteiger partial charge in [0, 0.05) is 0 Å². The van der Waals surface area contributed by atoms with Gasteiger partial charge in [-0.1, -0.05) is 12.1 Å². The van der Waals surface area contributed by atoms with Crippen LogP contribution in [0.2, 0.25) is 0 Å². The third-order valence-corrected chi connectivity index (χ3v) is 2.53. The van der Waals surface area contributed by atoms with Crippen molar-refractivity contribution in [3.63, 3.8) is 0 Å². The molecular formula is C12H18N2O6. The first-order valence-corrected chi connectivity index (χ1v) is 5.95. The van der Waals surface area contributed by atoms with Gasteiger partial charge in [-0.25, -0.2) is 4.79 Å². The number of hydrogen-bond acceptors (Lipinski definition) is 8. The highest BCUT2D eigenvalue weighted by Gasteiger charge is 2.20. The number of hydrogen-bond donors (Lipinski definition) is 4. The van der Waals surface area contributed by atoms with Gasteiger partial charge in [0.05, 0.1) is 18.1 Å². The molecule has 0 amide bonds. The van der Waals surface area contributed by atoms with Gasteiger partial charge in [0.1, 0.15) is 11.8 Å². The first kappa shape index (κ1) is 16.5. The maximum atomic E-state index is 11.5. The molecule has 0 saturated carbocycles. The normalized spacial score (nSPS) is 14.1. The molecule has 0 aliphatic heterocycles. The predicted octanol–water partition coefficient (Wildman–Crippen LogP) is -0.145. The van der Waals surface area contributed by atoms with E-state index in [0.717, 1.165) is 5.56 Å². The van der Waals surface area contributed by atoms with Crippen molar-refractivity contribution in [3.05, 3.63) is 29.8 Å². The maximum absolute atomic E-state index is 11.5. The average molecular weight is 286 g/mol. The molecule has 0 aliphatic carbocycles. The molecule has 0 saturated heterocycles. The van der Waals surface area contributed by atoms with Gasteiger partial charge >= 0.3 is 5.97 Å². The minimum atomic E-state index is -1.09. The number of carbonyl (C=O) groups is 1. The van der Waals surface area contributed by atoms with Gasteiger partial charge in [-0.15, -0.1) is 0 Å². The lowest BCUT2D eigenvalue weighted by Crippen LogP contribution is -2.42. The Balaban J connectivity index is 2.48. The summed E-state index contributed by atoms with van der Waals surface area (Å²) in [6.07, 6.45) is -0.544. The Labute approximate surface area is 115 Å². The highest BCUT2D eigenvalue weighted by molar-refractivity contribution is 5.78. The van der Waals surface area contributed by atoms with Crippen molar-refractivity contribution in [1.82, 2.24) is 5.39 Å². The molecule has 1 aromatic carbocycles. The Kier molecular flexibility index (Phi) is 6.52. The topological polar surface area (TPSA) is 125 Å². The van der Waals surface area contributed by atoms with E-state index in [2.05, 4.69) is 4.84 Å². The van der Waals surface area contributed by atoms with E-state index in [-0.39, 0.29) is 12.0 Å². The van der Waals surface area contributed by atoms with E-state index in [9.17, 15) is 9.90 Å². The smallest absolute Gasteiger partial charge is 0.330 e. The highest BCUT2D eigenvalue weighted by atomic mass is 17.1. The van der Waals surface area contributed by atoms with E-state index in [4.69, 9.17) is 20.9 Å². The number of benzene rings is 1. The van der Waals surface area contributed by atoms with Crippen LogP contribution in [-0.2, 0) is 16.1 Å². The van der Waals surface area contributed by atoms with Gasteiger partial charge in [-0.3, -0.25) is 15.3 Å². The quantitative estimate of drug-likeness (QED) is 0.310. The van der Waals surface area contributed by atoms with Crippen LogP contribution in [0.4, 0.5) is 0 Å². The van der Waals surface area contributed by atoms with Gasteiger partial charge in [0.2, 0.25) is 0 Å². The number of rotatable bonds is 7. The summed E-state index contributed by atoms with van der Waals surface area (Å²) >= 11 is 0. The zero-order valence-corrected chi connectivity index (χ0v) is 11.0. The number of ether oxygens (including phenoxy) is 1. The molecule has 8 nitrogen and oxygen atoms in total. The Hall–Kier alpha value is -1.55. The summed E-state index contributed by atoms with van der Waals surface area (Å²) in [5.41, 5.74) is 6.29. The molecule has 5 N–H and O–H groups in total. The third kappa shape index (κ3) is 5.61. The van der Waals surface area contributed by atoms with Crippen LogP contribution in [-0.4, -0.2) is 45.6 Å². The lowest BCUT2D eigenvalue weighted by molar-refractivity contribution is -0.492. The lowest BCUT2D eigenvalue weighted by atomic mass is 10.1. The van der Waals surface area contributed by atoms with Crippen LogP contribution >= 0.6 is 0 Å². The molecule has 0 aromatic heterocycles. The summed E-state index contributed by atoms with van der Waals surface area (Å²) in [6.45, 7) is 1.49. The summed E-state index contributed by atoms with van der Waals surface area (Å²) in [5.74, 6) is -0.408. The Morgan fingerprint density at radius 1 is 1.35 bits per heavy atom. The van der Waals surface area contributed by atoms with Crippen molar-refractivity contribution in [3.8, 4) is 5.75 Å². The summed E-state index contributed by atoms with van der Waals surface area (Å²) in [6, 6.07) is 5.43. The predicted molar refractivity (Wildman–Crippen MR) is 66.8 cm³/mol. The Morgan fingerprint density at radius 2 is 1.95 bits per heavy atom. The summed E-state index contributed by atoms with van der Waals surface area (Å²) in [4.78, 5) is 15.9. The third-order valence-electron chi connectivity index (χ3n) is 2.53. The standard InChI is InChI=1S/C12H18N2O6/c1-8(15)11(13)12(16)20-10-4-2-9(3-5-10)6-7-19-14(17)18/h2-5,8,11,15,17-18H,6-7,13H2,1H3. The van der Waals surface area contributed by atoms with Crippen LogP contribution in [0.15, 0.2) is 24.3 Å². The highest BCUT2D eigenvalue weighted by Crippen LogP contribution is 2.13. The van der Waals surface area contributed by atoms with Crippen LogP contribution < -0.4 is 10.5 Å². The number of nitrogens with zero attached hydrogens (tertiary/aromatic N) is 1. The fourth-order valence-corrected chi connectivity index (χ4v) is 1.35. The van der Waals surface area contributed by atoms with E-state index in [1.54, 1.807) is 24.3 Å². The van der Waals surface area contributed by atoms with Gasteiger partial charge in [-0.05, 0) is 31.0 Å². The monoisotopic (exact) mass is 286 g/mol. The molecule has 1 rings (SSSR count). The van der Waals surface area contributed by atoms with Gasteiger partial charge < -0.3 is 15.6 Å². The molecule has 2 unspecified atom stereocenters. The summed E-state index contributed by atoms with van der Waals surface area (Å²) in [5, 5.41) is 25.5. The minimum absolute atomic E-state index is 0.0824. The zero-order valence-electron chi connectivity index (χ0n) is 11.0. The second kappa shape index (κ2) is 7.90. The van der Waals surface area contributed by atoms with Crippen LogP contribution in [0, 0.1) is 0 Å². The van der Waals surface area contributed by atoms with Gasteiger partial charge in [0.25, 0.3) is 0 Å². The van der Waals surface area contributed by atoms with Crippen molar-refractivity contribution < 1.29 is 29.9 Å². The van der Waals surface area contributed by atoms with Crippen molar-refractivity contribution >= 4 is 5.97 Å². The van der Waals surface area contributed by atoms with Gasteiger partial charge in [0.15, 0.2) is 0 Å². The van der Waals surface area contributed by atoms with Crippen molar-refractivity contribution in [2.24, 2.45) is 5.73 Å². The largest absolute Gasteiger partial charge is 0.425 e. The molecule has 0 bridgehead atoms. The number of aliphatic hydroxyl groups excluding tert-OH is 1. The fraction of sp³-hybridized carbons (Fsp3) is 0.417. The van der Waals surface area contributed by atoms with Crippen LogP contribution in [0.25, 0.3) is 0 Å². The number of esters is 1. The van der Waals surface area contributed by atoms with E-state index < -0.39 is 18.1 Å². The molecule has 8 heteroatoms. The van der Waals surface area contributed by atoms with Gasteiger partial charge in [-0.2, -0.15) is 0 Å². The SMILES string of the molecule is CC(O)C(N)C(=O)Oc1ccc(CCON(O)O)cc1. The van der Waals surface area contributed by atoms with Crippen LogP contribution in [0.5, 0.6) is 5.75 Å².